The summed E-state index contributed by atoms with van der Waals surface area (Å²) in [7, 11) is -3.89. The van der Waals surface area contributed by atoms with E-state index >= 15 is 0 Å². The zero-order chi connectivity index (χ0) is 17.7. The van der Waals surface area contributed by atoms with Gasteiger partial charge in [0.05, 0.1) is 10.9 Å². The topological polar surface area (TPSA) is 95.5 Å². The number of sulfonamides is 1. The van der Waals surface area contributed by atoms with Crippen molar-refractivity contribution in [3.63, 3.8) is 0 Å². The van der Waals surface area contributed by atoms with Gasteiger partial charge < -0.3 is 0 Å². The Balaban J connectivity index is 2.31. The molecule has 24 heavy (non-hydrogen) atoms. The molecule has 128 valence electrons. The lowest BCUT2D eigenvalue weighted by molar-refractivity contribution is -0.129. The first-order valence-corrected chi connectivity index (χ1v) is 8.57. The van der Waals surface area contributed by atoms with E-state index in [0.717, 1.165) is 5.56 Å². The van der Waals surface area contributed by atoms with Gasteiger partial charge in [0, 0.05) is 6.42 Å². The van der Waals surface area contributed by atoms with Crippen molar-refractivity contribution in [2.24, 2.45) is 0 Å². The van der Waals surface area contributed by atoms with Crippen molar-refractivity contribution in [1.82, 2.24) is 10.2 Å². The van der Waals surface area contributed by atoms with Crippen LogP contribution in [0.25, 0.3) is 0 Å². The molecule has 0 fully saturated rings. The summed E-state index contributed by atoms with van der Waals surface area (Å²) in [5.41, 5.74) is 2.77. The predicted octanol–water partition coefficient (Wildman–Crippen LogP) is 2.05. The van der Waals surface area contributed by atoms with E-state index in [1.165, 1.54) is 41.9 Å². The van der Waals surface area contributed by atoms with Crippen LogP contribution in [0.2, 0.25) is 0 Å². The lowest BCUT2D eigenvalue weighted by Gasteiger charge is -2.18. The van der Waals surface area contributed by atoms with Crippen LogP contribution in [0.5, 0.6) is 0 Å². The molecule has 0 spiro atoms. The maximum Gasteiger partial charge on any atom is 0.245 e. The highest BCUT2D eigenvalue weighted by atomic mass is 32.2. The second kappa shape index (κ2) is 7.52. The van der Waals surface area contributed by atoms with E-state index in [1.54, 1.807) is 12.1 Å². The fraction of sp³-hybridized carbons (Fsp3) is 0.188. The summed E-state index contributed by atoms with van der Waals surface area (Å²) in [6.45, 7) is 1.83. The van der Waals surface area contributed by atoms with E-state index in [1.807, 2.05) is 6.92 Å². The average Bonchev–Trinajstić information content (AvgIpc) is 2.55. The van der Waals surface area contributed by atoms with E-state index in [-0.39, 0.29) is 11.3 Å². The van der Waals surface area contributed by atoms with Crippen LogP contribution < -0.4 is 10.2 Å². The fourth-order valence-electron chi connectivity index (χ4n) is 2.13. The molecule has 1 atom stereocenters. The molecule has 0 unspecified atom stereocenters. The average molecular weight is 352 g/mol. The van der Waals surface area contributed by atoms with Gasteiger partial charge in [-0.3, -0.25) is 10.0 Å². The van der Waals surface area contributed by atoms with Crippen LogP contribution >= 0.6 is 0 Å². The fourth-order valence-corrected chi connectivity index (χ4v) is 3.35. The van der Waals surface area contributed by atoms with Crippen molar-refractivity contribution in [3.8, 4) is 0 Å². The van der Waals surface area contributed by atoms with Crippen LogP contribution in [0.1, 0.15) is 23.6 Å². The zero-order valence-corrected chi connectivity index (χ0v) is 13.7. The predicted molar refractivity (Wildman–Crippen MR) is 85.2 cm³/mol. The molecule has 6 nitrogen and oxygen atoms in total. The molecule has 0 heterocycles. The lowest BCUT2D eigenvalue weighted by atomic mass is 10.0. The van der Waals surface area contributed by atoms with Gasteiger partial charge in [0.2, 0.25) is 15.9 Å². The van der Waals surface area contributed by atoms with Crippen LogP contribution in [-0.2, 0) is 14.8 Å². The van der Waals surface area contributed by atoms with E-state index in [2.05, 4.69) is 4.72 Å². The van der Waals surface area contributed by atoms with Gasteiger partial charge in [0.1, 0.15) is 5.82 Å². The Morgan fingerprint density at radius 1 is 1.12 bits per heavy atom. The Bertz CT molecular complexity index is 805. The summed E-state index contributed by atoms with van der Waals surface area (Å²) in [6, 6.07) is 10.3. The number of rotatable bonds is 6. The first-order chi connectivity index (χ1) is 11.3. The number of carbonyl (C=O) groups excluding carboxylic acids is 1. The summed E-state index contributed by atoms with van der Waals surface area (Å²) < 4.78 is 40.4. The van der Waals surface area contributed by atoms with Gasteiger partial charge in [0.25, 0.3) is 0 Å². The lowest BCUT2D eigenvalue weighted by Crippen LogP contribution is -2.33. The monoisotopic (exact) mass is 352 g/mol. The maximum absolute atomic E-state index is 13.1. The molecule has 3 N–H and O–H groups in total. The summed E-state index contributed by atoms with van der Waals surface area (Å²) in [5.74, 6) is -1.25. The minimum Gasteiger partial charge on any atom is -0.289 e. The van der Waals surface area contributed by atoms with Crippen LogP contribution in [-0.4, -0.2) is 19.5 Å². The molecule has 0 bridgehead atoms. The van der Waals surface area contributed by atoms with Crippen molar-refractivity contribution in [3.05, 3.63) is 65.5 Å². The number of nitrogens with one attached hydrogen (secondary N) is 2. The minimum atomic E-state index is -3.89. The molecular formula is C16H17FN2O4S. The first-order valence-electron chi connectivity index (χ1n) is 7.09. The third-order valence-corrected chi connectivity index (χ3v) is 4.90. The van der Waals surface area contributed by atoms with Crippen molar-refractivity contribution in [2.75, 3.05) is 0 Å². The number of halogens is 1. The molecule has 2 aromatic carbocycles. The van der Waals surface area contributed by atoms with Crippen molar-refractivity contribution in [2.45, 2.75) is 24.3 Å². The maximum atomic E-state index is 13.1. The largest absolute Gasteiger partial charge is 0.289 e. The molecule has 0 aromatic heterocycles. The van der Waals surface area contributed by atoms with E-state index in [4.69, 9.17) is 5.21 Å². The van der Waals surface area contributed by atoms with Crippen molar-refractivity contribution in [1.29, 1.82) is 0 Å². The second-order valence-electron chi connectivity index (χ2n) is 5.28. The highest BCUT2D eigenvalue weighted by Crippen LogP contribution is 2.21. The molecule has 1 amide bonds. The Morgan fingerprint density at radius 3 is 2.25 bits per heavy atom. The number of hydrogen-bond acceptors (Lipinski definition) is 4. The van der Waals surface area contributed by atoms with Crippen molar-refractivity contribution < 1.29 is 22.8 Å². The number of hydrogen-bond donors (Lipinski definition) is 3. The molecular weight excluding hydrogens is 335 g/mol. The standard InChI is InChI=1S/C16H17FN2O4S/c1-11-2-8-14(9-3-11)24(22,23)19-15(10-16(20)18-21)12-4-6-13(17)7-5-12/h2-9,15,19,21H,10H2,1H3,(H,18,20)/t15-/m0/s1. The summed E-state index contributed by atoms with van der Waals surface area (Å²) >= 11 is 0. The van der Waals surface area contributed by atoms with E-state index in [0.29, 0.717) is 5.56 Å². The molecule has 8 heteroatoms. The SMILES string of the molecule is Cc1ccc(S(=O)(=O)N[C@@H](CC(=O)NO)c2ccc(F)cc2)cc1. The molecule has 0 radical (unpaired) electrons. The first kappa shape index (κ1) is 18.1. The Labute approximate surface area is 139 Å². The number of carbonyl (C=O) groups is 1. The third kappa shape index (κ3) is 4.60. The highest BCUT2D eigenvalue weighted by molar-refractivity contribution is 7.89. The molecule has 2 rings (SSSR count). The van der Waals surface area contributed by atoms with Gasteiger partial charge in [-0.15, -0.1) is 0 Å². The van der Waals surface area contributed by atoms with E-state index < -0.39 is 27.8 Å². The molecule has 0 aliphatic carbocycles. The quantitative estimate of drug-likeness (QED) is 0.548. The van der Waals surface area contributed by atoms with E-state index in [9.17, 15) is 17.6 Å². The van der Waals surface area contributed by atoms with Gasteiger partial charge in [-0.1, -0.05) is 29.8 Å². The molecule has 0 aliphatic heterocycles. The normalized spacial score (nSPS) is 12.6. The second-order valence-corrected chi connectivity index (χ2v) is 6.99. The number of hydroxylamine groups is 1. The zero-order valence-electron chi connectivity index (χ0n) is 12.9. The molecule has 0 saturated heterocycles. The third-order valence-electron chi connectivity index (χ3n) is 3.42. The van der Waals surface area contributed by atoms with Gasteiger partial charge in [-0.05, 0) is 36.8 Å². The minimum absolute atomic E-state index is 0.0459. The summed E-state index contributed by atoms with van der Waals surface area (Å²) in [6.07, 6.45) is -0.340. The number of aryl methyl sites for hydroxylation is 1. The molecule has 0 saturated carbocycles. The van der Waals surface area contributed by atoms with Crippen LogP contribution in [0.15, 0.2) is 53.4 Å². The summed E-state index contributed by atoms with van der Waals surface area (Å²) in [4.78, 5) is 11.5. The van der Waals surface area contributed by atoms with Crippen LogP contribution in [0, 0.1) is 12.7 Å². The highest BCUT2D eigenvalue weighted by Gasteiger charge is 2.23. The Hall–Kier alpha value is -2.29. The smallest absolute Gasteiger partial charge is 0.245 e. The van der Waals surface area contributed by atoms with Gasteiger partial charge in [-0.25, -0.2) is 23.0 Å². The number of amides is 1. The number of benzene rings is 2. The Morgan fingerprint density at radius 2 is 1.71 bits per heavy atom. The van der Waals surface area contributed by atoms with Crippen molar-refractivity contribution >= 4 is 15.9 Å². The molecule has 0 aliphatic rings. The summed E-state index contributed by atoms with van der Waals surface area (Å²) in [5, 5.41) is 8.68. The van der Waals surface area contributed by atoms with Gasteiger partial charge >= 0.3 is 0 Å². The Kier molecular flexibility index (Phi) is 5.66. The van der Waals surface area contributed by atoms with Crippen LogP contribution in [0.4, 0.5) is 4.39 Å². The van der Waals surface area contributed by atoms with Gasteiger partial charge in [-0.2, -0.15) is 0 Å². The van der Waals surface area contributed by atoms with Gasteiger partial charge in [0.15, 0.2) is 0 Å². The molecule has 2 aromatic rings. The van der Waals surface area contributed by atoms with Crippen LogP contribution in [0.3, 0.4) is 0 Å².